The van der Waals surface area contributed by atoms with E-state index in [2.05, 4.69) is 22.0 Å². The molecule has 0 saturated heterocycles. The van der Waals surface area contributed by atoms with Crippen LogP contribution in [0.25, 0.3) is 11.6 Å². The molecule has 0 bridgehead atoms. The van der Waals surface area contributed by atoms with Gasteiger partial charge in [-0.05, 0) is 54.5 Å². The highest BCUT2D eigenvalue weighted by molar-refractivity contribution is 9.10. The predicted molar refractivity (Wildman–Crippen MR) is 121 cm³/mol. The van der Waals surface area contributed by atoms with Gasteiger partial charge in [-0.15, -0.1) is 0 Å². The minimum Gasteiger partial charge on any atom is -0.490 e. The SMILES string of the molecule is CCOc1cc(C=C(C#N)c2ccccc2Cl)ccc1OCc1ccc(Br)cc1. The zero-order valence-electron chi connectivity index (χ0n) is 15.9. The van der Waals surface area contributed by atoms with Crippen LogP contribution in [0.5, 0.6) is 11.5 Å². The topological polar surface area (TPSA) is 42.2 Å². The van der Waals surface area contributed by atoms with Gasteiger partial charge >= 0.3 is 0 Å². The summed E-state index contributed by atoms with van der Waals surface area (Å²) in [5.41, 5.74) is 3.08. The fourth-order valence-corrected chi connectivity index (χ4v) is 3.26. The summed E-state index contributed by atoms with van der Waals surface area (Å²) in [5.74, 6) is 1.29. The molecule has 0 spiro atoms. The first-order valence-corrected chi connectivity index (χ1v) is 10.3. The van der Waals surface area contributed by atoms with E-state index in [0.29, 0.717) is 40.9 Å². The minimum atomic E-state index is 0.436. The Labute approximate surface area is 184 Å². The molecule has 3 nitrogen and oxygen atoms in total. The summed E-state index contributed by atoms with van der Waals surface area (Å²) in [4.78, 5) is 0. The van der Waals surface area contributed by atoms with Crippen molar-refractivity contribution in [2.75, 3.05) is 6.61 Å². The molecule has 0 heterocycles. The van der Waals surface area contributed by atoms with Gasteiger partial charge in [0, 0.05) is 15.1 Å². The van der Waals surface area contributed by atoms with Crippen LogP contribution >= 0.6 is 27.5 Å². The largest absolute Gasteiger partial charge is 0.490 e. The van der Waals surface area contributed by atoms with E-state index in [1.165, 1.54) is 0 Å². The number of ether oxygens (including phenoxy) is 2. The second-order valence-electron chi connectivity index (χ2n) is 6.20. The zero-order chi connectivity index (χ0) is 20.6. The highest BCUT2D eigenvalue weighted by atomic mass is 79.9. The monoisotopic (exact) mass is 467 g/mol. The van der Waals surface area contributed by atoms with Crippen LogP contribution in [0.1, 0.15) is 23.6 Å². The van der Waals surface area contributed by atoms with Crippen molar-refractivity contribution in [3.8, 4) is 17.6 Å². The van der Waals surface area contributed by atoms with E-state index in [4.69, 9.17) is 21.1 Å². The molecule has 29 heavy (non-hydrogen) atoms. The number of hydrogen-bond acceptors (Lipinski definition) is 3. The minimum absolute atomic E-state index is 0.436. The molecule has 0 amide bonds. The van der Waals surface area contributed by atoms with Crippen molar-refractivity contribution in [3.63, 3.8) is 0 Å². The van der Waals surface area contributed by atoms with Crippen LogP contribution in [0.3, 0.4) is 0 Å². The van der Waals surface area contributed by atoms with Crippen LogP contribution in [0.4, 0.5) is 0 Å². The second kappa shape index (κ2) is 10.2. The van der Waals surface area contributed by atoms with Crippen LogP contribution in [0, 0.1) is 11.3 Å². The van der Waals surface area contributed by atoms with Crippen molar-refractivity contribution in [2.45, 2.75) is 13.5 Å². The Morgan fingerprint density at radius 2 is 1.79 bits per heavy atom. The van der Waals surface area contributed by atoms with Crippen LogP contribution < -0.4 is 9.47 Å². The third-order valence-electron chi connectivity index (χ3n) is 4.17. The van der Waals surface area contributed by atoms with E-state index in [9.17, 15) is 5.26 Å². The Kier molecular flexibility index (Phi) is 7.35. The maximum absolute atomic E-state index is 9.59. The number of hydrogen-bond donors (Lipinski definition) is 0. The van der Waals surface area contributed by atoms with Gasteiger partial charge in [0.05, 0.1) is 18.2 Å². The first-order chi connectivity index (χ1) is 14.1. The lowest BCUT2D eigenvalue weighted by molar-refractivity contribution is 0.269. The Balaban J connectivity index is 1.86. The van der Waals surface area contributed by atoms with E-state index < -0.39 is 0 Å². The second-order valence-corrected chi connectivity index (χ2v) is 7.53. The summed E-state index contributed by atoms with van der Waals surface area (Å²) >= 11 is 9.67. The highest BCUT2D eigenvalue weighted by Gasteiger charge is 2.09. The number of halogens is 2. The van der Waals surface area contributed by atoms with Gasteiger partial charge < -0.3 is 9.47 Å². The van der Waals surface area contributed by atoms with Crippen molar-refractivity contribution in [3.05, 3.63) is 92.9 Å². The predicted octanol–water partition coefficient (Wildman–Crippen LogP) is 7.14. The van der Waals surface area contributed by atoms with Crippen molar-refractivity contribution < 1.29 is 9.47 Å². The molecule has 0 fully saturated rings. The lowest BCUT2D eigenvalue weighted by Crippen LogP contribution is -2.00. The third-order valence-corrected chi connectivity index (χ3v) is 5.03. The first-order valence-electron chi connectivity index (χ1n) is 9.11. The van der Waals surface area contributed by atoms with E-state index >= 15 is 0 Å². The number of rotatable bonds is 7. The Bertz CT molecular complexity index is 1060. The molecule has 0 unspecified atom stereocenters. The summed E-state index contributed by atoms with van der Waals surface area (Å²) < 4.78 is 12.7. The van der Waals surface area contributed by atoms with Gasteiger partial charge in [-0.3, -0.25) is 0 Å². The average molecular weight is 469 g/mol. The number of benzene rings is 3. The molecular weight excluding hydrogens is 450 g/mol. The molecular formula is C24H19BrClNO2. The summed E-state index contributed by atoms with van der Waals surface area (Å²) in [7, 11) is 0. The summed E-state index contributed by atoms with van der Waals surface area (Å²) in [6, 6.07) is 23.1. The lowest BCUT2D eigenvalue weighted by atomic mass is 10.0. The van der Waals surface area contributed by atoms with Gasteiger partial charge in [-0.25, -0.2) is 0 Å². The first kappa shape index (κ1) is 21.0. The molecule has 5 heteroatoms. The van der Waals surface area contributed by atoms with E-state index in [0.717, 1.165) is 15.6 Å². The van der Waals surface area contributed by atoms with E-state index in [-0.39, 0.29) is 0 Å². The molecule has 3 rings (SSSR count). The molecule has 0 aliphatic heterocycles. The third kappa shape index (κ3) is 5.63. The van der Waals surface area contributed by atoms with Gasteiger partial charge in [0.25, 0.3) is 0 Å². The number of nitriles is 1. The Hall–Kier alpha value is -2.74. The lowest BCUT2D eigenvalue weighted by Gasteiger charge is -2.13. The molecule has 3 aromatic carbocycles. The molecule has 0 atom stereocenters. The molecule has 0 saturated carbocycles. The standard InChI is InChI=1S/C24H19BrClNO2/c1-2-28-24-14-18(13-19(15-27)21-5-3-4-6-22(21)26)9-12-23(24)29-16-17-7-10-20(25)11-8-17/h3-14H,2,16H2,1H3. The van der Waals surface area contributed by atoms with E-state index in [1.807, 2.05) is 67.6 Å². The molecule has 0 aromatic heterocycles. The molecule has 146 valence electrons. The van der Waals surface area contributed by atoms with Crippen LogP contribution in [-0.4, -0.2) is 6.61 Å². The van der Waals surface area contributed by atoms with Crippen molar-refractivity contribution in [1.82, 2.24) is 0 Å². The highest BCUT2D eigenvalue weighted by Crippen LogP contribution is 2.32. The van der Waals surface area contributed by atoms with Crippen LogP contribution in [0.15, 0.2) is 71.2 Å². The molecule has 3 aromatic rings. The fourth-order valence-electron chi connectivity index (χ4n) is 2.76. The summed E-state index contributed by atoms with van der Waals surface area (Å²) in [6.45, 7) is 2.87. The van der Waals surface area contributed by atoms with Crippen molar-refractivity contribution in [1.29, 1.82) is 5.26 Å². The Morgan fingerprint density at radius 1 is 1.03 bits per heavy atom. The van der Waals surface area contributed by atoms with Crippen LogP contribution in [-0.2, 0) is 6.61 Å². The molecule has 0 N–H and O–H groups in total. The van der Waals surface area contributed by atoms with Gasteiger partial charge in [0.2, 0.25) is 0 Å². The number of allylic oxidation sites excluding steroid dienone is 1. The summed E-state index contributed by atoms with van der Waals surface area (Å²) in [5, 5.41) is 10.1. The van der Waals surface area contributed by atoms with Gasteiger partial charge in [-0.2, -0.15) is 5.26 Å². The smallest absolute Gasteiger partial charge is 0.161 e. The van der Waals surface area contributed by atoms with E-state index in [1.54, 1.807) is 12.1 Å². The van der Waals surface area contributed by atoms with Crippen molar-refractivity contribution in [2.24, 2.45) is 0 Å². The maximum atomic E-state index is 9.59. The van der Waals surface area contributed by atoms with Gasteiger partial charge in [0.1, 0.15) is 6.61 Å². The molecule has 0 radical (unpaired) electrons. The molecule has 0 aliphatic carbocycles. The Morgan fingerprint density at radius 3 is 2.48 bits per heavy atom. The fraction of sp³-hybridized carbons (Fsp3) is 0.125. The van der Waals surface area contributed by atoms with Gasteiger partial charge in [0.15, 0.2) is 11.5 Å². The van der Waals surface area contributed by atoms with Gasteiger partial charge in [-0.1, -0.05) is 63.9 Å². The zero-order valence-corrected chi connectivity index (χ0v) is 18.2. The van der Waals surface area contributed by atoms with Crippen LogP contribution in [0.2, 0.25) is 5.02 Å². The van der Waals surface area contributed by atoms with Crippen molar-refractivity contribution >= 4 is 39.2 Å². The quantitative estimate of drug-likeness (QED) is 0.273. The number of nitrogens with zero attached hydrogens (tertiary/aromatic N) is 1. The average Bonchev–Trinajstić information content (AvgIpc) is 2.73. The maximum Gasteiger partial charge on any atom is 0.161 e. The normalized spacial score (nSPS) is 11.0. The molecule has 0 aliphatic rings. The summed E-state index contributed by atoms with van der Waals surface area (Å²) in [6.07, 6.45) is 1.79.